The number of anilines is 1. The van der Waals surface area contributed by atoms with Crippen molar-refractivity contribution in [3.63, 3.8) is 0 Å². The highest BCUT2D eigenvalue weighted by molar-refractivity contribution is 9.10. The monoisotopic (exact) mass is 358 g/mol. The predicted octanol–water partition coefficient (Wildman–Crippen LogP) is 2.38. The average molecular weight is 359 g/mol. The molecule has 0 bridgehead atoms. The number of benzene rings is 1. The third kappa shape index (κ3) is 3.95. The van der Waals surface area contributed by atoms with E-state index in [1.54, 1.807) is 0 Å². The Labute approximate surface area is 127 Å². The van der Waals surface area contributed by atoms with Gasteiger partial charge in [0, 0.05) is 10.0 Å². The van der Waals surface area contributed by atoms with Gasteiger partial charge in [0.1, 0.15) is 0 Å². The molecule has 20 heavy (non-hydrogen) atoms. The molecule has 3 N–H and O–H groups in total. The van der Waals surface area contributed by atoms with Gasteiger partial charge in [-0.15, -0.1) is 5.10 Å². The number of aromatic amines is 1. The van der Waals surface area contributed by atoms with E-state index in [9.17, 15) is 4.79 Å². The number of aromatic nitrogens is 3. The van der Waals surface area contributed by atoms with Gasteiger partial charge in [0.15, 0.2) is 5.82 Å². The third-order valence-electron chi connectivity index (χ3n) is 2.18. The van der Waals surface area contributed by atoms with Crippen LogP contribution in [-0.2, 0) is 9.63 Å². The van der Waals surface area contributed by atoms with Gasteiger partial charge < -0.3 is 5.11 Å². The van der Waals surface area contributed by atoms with E-state index >= 15 is 0 Å². The van der Waals surface area contributed by atoms with Crippen molar-refractivity contribution in [3.05, 3.63) is 22.7 Å². The van der Waals surface area contributed by atoms with E-state index in [-0.39, 0.29) is 5.75 Å². The number of carbonyl (C=O) groups is 1. The molecule has 0 amide bonds. The summed E-state index contributed by atoms with van der Waals surface area (Å²) < 4.78 is 0.852. The highest BCUT2D eigenvalue weighted by Gasteiger charge is 2.09. The number of rotatable bonds is 6. The van der Waals surface area contributed by atoms with Crippen LogP contribution in [0.3, 0.4) is 0 Å². The van der Waals surface area contributed by atoms with Crippen LogP contribution in [0.25, 0.3) is 11.4 Å². The zero-order chi connectivity index (χ0) is 14.5. The number of nitrogens with zero attached hydrogens (tertiary/aromatic N) is 2. The van der Waals surface area contributed by atoms with Crippen LogP contribution in [0, 0.1) is 0 Å². The molecular weight excluding hydrogens is 348 g/mol. The summed E-state index contributed by atoms with van der Waals surface area (Å²) in [7, 11) is 1.52. The molecule has 9 heteroatoms. The molecule has 1 heterocycles. The summed E-state index contributed by atoms with van der Waals surface area (Å²) in [6.45, 7) is 0. The van der Waals surface area contributed by atoms with Gasteiger partial charge in [0.05, 0.1) is 18.6 Å². The molecule has 106 valence electrons. The zero-order valence-electron chi connectivity index (χ0n) is 10.4. The maximum absolute atomic E-state index is 10.5. The fourth-order valence-corrected chi connectivity index (χ4v) is 2.48. The van der Waals surface area contributed by atoms with Crippen LogP contribution in [0.1, 0.15) is 0 Å². The minimum absolute atomic E-state index is 0.0771. The first-order valence-electron chi connectivity index (χ1n) is 5.45. The van der Waals surface area contributed by atoms with Gasteiger partial charge in [-0.1, -0.05) is 27.7 Å². The summed E-state index contributed by atoms with van der Waals surface area (Å²) in [5.41, 5.74) is 4.29. The molecule has 1 aromatic carbocycles. The quantitative estimate of drug-likeness (QED) is 0.538. The Hall–Kier alpha value is -1.58. The number of carboxylic acid groups (broad SMARTS) is 1. The Morgan fingerprint density at radius 3 is 3.05 bits per heavy atom. The highest BCUT2D eigenvalue weighted by atomic mass is 79.9. The van der Waals surface area contributed by atoms with E-state index in [1.165, 1.54) is 7.11 Å². The van der Waals surface area contributed by atoms with E-state index in [0.717, 1.165) is 27.5 Å². The Morgan fingerprint density at radius 1 is 1.55 bits per heavy atom. The number of H-pyrrole nitrogens is 1. The third-order valence-corrected chi connectivity index (χ3v) is 3.47. The predicted molar refractivity (Wildman–Crippen MR) is 78.5 cm³/mol. The lowest BCUT2D eigenvalue weighted by Gasteiger charge is -2.05. The SMILES string of the molecule is CONc1cc(Br)cc(-c2nc(SCC(=O)O)n[nH]2)c1. The molecule has 0 radical (unpaired) electrons. The van der Waals surface area contributed by atoms with Crippen molar-refractivity contribution in [1.29, 1.82) is 0 Å². The maximum atomic E-state index is 10.5. The first kappa shape index (κ1) is 14.8. The van der Waals surface area contributed by atoms with Crippen molar-refractivity contribution in [2.75, 3.05) is 18.3 Å². The Morgan fingerprint density at radius 2 is 2.35 bits per heavy atom. The Kier molecular flexibility index (Phi) is 4.99. The molecule has 0 fully saturated rings. The minimum Gasteiger partial charge on any atom is -0.481 e. The number of carboxylic acids is 1. The maximum Gasteiger partial charge on any atom is 0.313 e. The lowest BCUT2D eigenvalue weighted by molar-refractivity contribution is -0.133. The summed E-state index contributed by atoms with van der Waals surface area (Å²) in [5, 5.41) is 15.8. The minimum atomic E-state index is -0.907. The van der Waals surface area contributed by atoms with Gasteiger partial charge in [0.25, 0.3) is 0 Å². The topological polar surface area (TPSA) is 100 Å². The van der Waals surface area contributed by atoms with Gasteiger partial charge >= 0.3 is 5.97 Å². The largest absolute Gasteiger partial charge is 0.481 e. The van der Waals surface area contributed by atoms with Crippen LogP contribution < -0.4 is 5.48 Å². The number of aliphatic carboxylic acids is 1. The fourth-order valence-electron chi connectivity index (χ4n) is 1.47. The van der Waals surface area contributed by atoms with Gasteiger partial charge in [-0.25, -0.2) is 4.98 Å². The van der Waals surface area contributed by atoms with Gasteiger partial charge in [0.2, 0.25) is 5.16 Å². The van der Waals surface area contributed by atoms with E-state index in [1.807, 2.05) is 18.2 Å². The number of thioether (sulfide) groups is 1. The molecular formula is C11H11BrN4O3S. The number of hydrogen-bond acceptors (Lipinski definition) is 6. The normalized spacial score (nSPS) is 10.5. The summed E-state index contributed by atoms with van der Waals surface area (Å²) >= 11 is 4.45. The number of halogens is 1. The van der Waals surface area contributed by atoms with Gasteiger partial charge in [-0.3, -0.25) is 20.2 Å². The van der Waals surface area contributed by atoms with E-state index < -0.39 is 5.97 Å². The van der Waals surface area contributed by atoms with E-state index in [4.69, 9.17) is 9.94 Å². The summed E-state index contributed by atoms with van der Waals surface area (Å²) in [6, 6.07) is 5.55. The molecule has 0 saturated carbocycles. The van der Waals surface area contributed by atoms with Crippen LogP contribution in [0.15, 0.2) is 27.8 Å². The van der Waals surface area contributed by atoms with Gasteiger partial charge in [-0.2, -0.15) is 0 Å². The number of nitrogens with one attached hydrogen (secondary N) is 2. The van der Waals surface area contributed by atoms with Crippen LogP contribution in [0.4, 0.5) is 5.69 Å². The van der Waals surface area contributed by atoms with Crippen LogP contribution in [-0.4, -0.2) is 39.1 Å². The molecule has 0 saturated heterocycles. The second-order valence-corrected chi connectivity index (χ2v) is 5.54. The number of hydrogen-bond donors (Lipinski definition) is 3. The first-order valence-corrected chi connectivity index (χ1v) is 7.23. The van der Waals surface area contributed by atoms with Crippen molar-refractivity contribution in [3.8, 4) is 11.4 Å². The van der Waals surface area contributed by atoms with Crippen LogP contribution >= 0.6 is 27.7 Å². The zero-order valence-corrected chi connectivity index (χ0v) is 12.8. The average Bonchev–Trinajstić information content (AvgIpc) is 2.85. The Bertz CT molecular complexity index is 619. The molecule has 0 aliphatic rings. The highest BCUT2D eigenvalue weighted by Crippen LogP contribution is 2.26. The van der Waals surface area contributed by atoms with E-state index in [0.29, 0.717) is 11.0 Å². The Balaban J connectivity index is 2.20. The lowest BCUT2D eigenvalue weighted by Crippen LogP contribution is -1.97. The molecule has 0 spiro atoms. The lowest BCUT2D eigenvalue weighted by atomic mass is 10.2. The fraction of sp³-hybridized carbons (Fsp3) is 0.182. The van der Waals surface area contributed by atoms with Gasteiger partial charge in [-0.05, 0) is 18.2 Å². The standard InChI is InChI=1S/C11H11BrN4O3S/c1-19-16-8-3-6(2-7(12)4-8)10-13-11(15-14-10)20-5-9(17)18/h2-4,16H,5H2,1H3,(H,17,18)(H,13,14,15). The molecule has 0 aliphatic carbocycles. The van der Waals surface area contributed by atoms with Crippen molar-refractivity contribution in [2.45, 2.75) is 5.16 Å². The molecule has 7 nitrogen and oxygen atoms in total. The molecule has 2 rings (SSSR count). The molecule has 2 aromatic rings. The van der Waals surface area contributed by atoms with Crippen LogP contribution in [0.2, 0.25) is 0 Å². The van der Waals surface area contributed by atoms with Crippen molar-refractivity contribution < 1.29 is 14.7 Å². The summed E-state index contributed by atoms with van der Waals surface area (Å²) in [5.74, 6) is -0.430. The summed E-state index contributed by atoms with van der Waals surface area (Å²) in [6.07, 6.45) is 0. The molecule has 0 aliphatic heterocycles. The van der Waals surface area contributed by atoms with Crippen molar-refractivity contribution in [2.24, 2.45) is 0 Å². The first-order chi connectivity index (χ1) is 9.58. The molecule has 1 aromatic heterocycles. The smallest absolute Gasteiger partial charge is 0.313 e. The van der Waals surface area contributed by atoms with Crippen molar-refractivity contribution >= 4 is 39.3 Å². The van der Waals surface area contributed by atoms with Crippen LogP contribution in [0.5, 0.6) is 0 Å². The second kappa shape index (κ2) is 6.73. The second-order valence-electron chi connectivity index (χ2n) is 3.68. The molecule has 0 atom stereocenters. The van der Waals surface area contributed by atoms with E-state index in [2.05, 4.69) is 36.6 Å². The summed E-state index contributed by atoms with van der Waals surface area (Å²) in [4.78, 5) is 19.6. The van der Waals surface area contributed by atoms with Crippen molar-refractivity contribution in [1.82, 2.24) is 15.2 Å². The molecule has 0 unspecified atom stereocenters.